The van der Waals surface area contributed by atoms with Gasteiger partial charge in [0, 0.05) is 11.8 Å². The summed E-state index contributed by atoms with van der Waals surface area (Å²) in [5, 5.41) is 0. The van der Waals surface area contributed by atoms with Crippen molar-refractivity contribution in [1.82, 2.24) is 0 Å². The minimum absolute atomic E-state index is 0.0109. The van der Waals surface area contributed by atoms with Crippen LogP contribution in [0, 0.1) is 17.3 Å². The van der Waals surface area contributed by atoms with Gasteiger partial charge >= 0.3 is 0 Å². The van der Waals surface area contributed by atoms with Crippen LogP contribution in [-0.2, 0) is 4.79 Å². The largest absolute Gasteiger partial charge is 0.303 e. The van der Waals surface area contributed by atoms with Crippen LogP contribution in [-0.4, -0.2) is 6.29 Å². The molecule has 0 amide bonds. The van der Waals surface area contributed by atoms with Gasteiger partial charge in [0.05, 0.1) is 0 Å². The van der Waals surface area contributed by atoms with Crippen molar-refractivity contribution in [3.63, 3.8) is 0 Å². The Labute approximate surface area is 55.4 Å². The maximum absolute atomic E-state index is 10.3. The number of aldehydes is 1. The molecule has 48 valence electrons. The lowest BCUT2D eigenvalue weighted by Gasteiger charge is -1.95. The van der Waals surface area contributed by atoms with Crippen LogP contribution in [0.25, 0.3) is 0 Å². The first-order chi connectivity index (χ1) is 4.33. The first-order valence-corrected chi connectivity index (χ1v) is 3.19. The molecule has 0 unspecified atom stereocenters. The maximum Gasteiger partial charge on any atom is 0.127 e. The van der Waals surface area contributed by atoms with Crippen molar-refractivity contribution in [1.29, 1.82) is 0 Å². The van der Waals surface area contributed by atoms with E-state index < -0.39 is 0 Å². The Hall–Kier alpha value is -0.770. The van der Waals surface area contributed by atoms with Gasteiger partial charge in [-0.05, 0) is 19.8 Å². The van der Waals surface area contributed by atoms with Crippen molar-refractivity contribution in [3.05, 3.63) is 0 Å². The monoisotopic (exact) mass is 122 g/mol. The summed E-state index contributed by atoms with van der Waals surface area (Å²) in [6.07, 6.45) is 3.92. The van der Waals surface area contributed by atoms with Crippen LogP contribution in [0.3, 0.4) is 0 Å². The van der Waals surface area contributed by atoms with Crippen LogP contribution in [0.2, 0.25) is 0 Å². The summed E-state index contributed by atoms with van der Waals surface area (Å²) < 4.78 is 0. The highest BCUT2D eigenvalue weighted by Crippen LogP contribution is 2.46. The van der Waals surface area contributed by atoms with E-state index >= 15 is 0 Å². The second kappa shape index (κ2) is 2.23. The highest BCUT2D eigenvalue weighted by atomic mass is 16.1. The van der Waals surface area contributed by atoms with Crippen LogP contribution in [0.4, 0.5) is 0 Å². The van der Waals surface area contributed by atoms with Gasteiger partial charge in [0.1, 0.15) is 6.29 Å². The molecule has 0 radical (unpaired) electrons. The molecule has 0 heterocycles. The number of rotatable bonds is 2. The highest BCUT2D eigenvalue weighted by molar-refractivity contribution is 5.64. The number of carbonyl (C=O) groups excluding carboxylic acids is 1. The molecule has 1 nitrogen and oxygen atoms in total. The zero-order valence-corrected chi connectivity index (χ0v) is 5.61. The van der Waals surface area contributed by atoms with E-state index in [9.17, 15) is 4.79 Å². The van der Waals surface area contributed by atoms with E-state index in [0.717, 1.165) is 25.5 Å². The molecule has 0 aromatic carbocycles. The fourth-order valence-electron chi connectivity index (χ4n) is 0.761. The maximum atomic E-state index is 10.3. The van der Waals surface area contributed by atoms with Gasteiger partial charge in [-0.2, -0.15) is 0 Å². The van der Waals surface area contributed by atoms with Crippen molar-refractivity contribution >= 4 is 6.29 Å². The summed E-state index contributed by atoms with van der Waals surface area (Å²) in [6.45, 7) is 1.81. The predicted molar refractivity (Wildman–Crippen MR) is 35.8 cm³/mol. The first kappa shape index (κ1) is 6.35. The quantitative estimate of drug-likeness (QED) is 0.399. The molecule has 0 aliphatic heterocycles. The topological polar surface area (TPSA) is 17.1 Å². The average Bonchev–Trinajstić information content (AvgIpc) is 2.65. The van der Waals surface area contributed by atoms with E-state index in [2.05, 4.69) is 11.8 Å². The van der Waals surface area contributed by atoms with E-state index in [4.69, 9.17) is 0 Å². The molecule has 0 N–H and O–H groups in total. The molecule has 1 heteroatoms. The number of hydrogen-bond donors (Lipinski definition) is 0. The van der Waals surface area contributed by atoms with Gasteiger partial charge in [-0.1, -0.05) is 0 Å². The standard InChI is InChI=1S/C8H10O/c1-2-3-4-8(7-9)5-6-8/h7H,4-6H2,1H3. The summed E-state index contributed by atoms with van der Waals surface area (Å²) in [4.78, 5) is 10.3. The normalized spacial score (nSPS) is 19.7. The minimum atomic E-state index is -0.0109. The van der Waals surface area contributed by atoms with E-state index in [1.807, 2.05) is 0 Å². The molecule has 0 bridgehead atoms. The fourth-order valence-corrected chi connectivity index (χ4v) is 0.761. The third-order valence-electron chi connectivity index (χ3n) is 1.76. The molecule has 0 saturated heterocycles. The first-order valence-electron chi connectivity index (χ1n) is 3.19. The molecule has 0 spiro atoms. The van der Waals surface area contributed by atoms with E-state index in [1.165, 1.54) is 0 Å². The number of hydrogen-bond acceptors (Lipinski definition) is 1. The summed E-state index contributed by atoms with van der Waals surface area (Å²) >= 11 is 0. The van der Waals surface area contributed by atoms with Crippen molar-refractivity contribution in [2.45, 2.75) is 26.2 Å². The van der Waals surface area contributed by atoms with Crippen molar-refractivity contribution < 1.29 is 4.79 Å². The lowest BCUT2D eigenvalue weighted by Crippen LogP contribution is -1.98. The third-order valence-corrected chi connectivity index (χ3v) is 1.76. The van der Waals surface area contributed by atoms with Crippen LogP contribution in [0.1, 0.15) is 26.2 Å². The van der Waals surface area contributed by atoms with Crippen molar-refractivity contribution in [2.24, 2.45) is 5.41 Å². The predicted octanol–water partition coefficient (Wildman–Crippen LogP) is 1.38. The Balaban J connectivity index is 2.39. The lowest BCUT2D eigenvalue weighted by molar-refractivity contribution is -0.112. The Bertz CT molecular complexity index is 167. The third kappa shape index (κ3) is 1.32. The Morgan fingerprint density at radius 1 is 1.67 bits per heavy atom. The average molecular weight is 122 g/mol. The zero-order valence-electron chi connectivity index (χ0n) is 5.61. The molecular weight excluding hydrogens is 112 g/mol. The lowest BCUT2D eigenvalue weighted by atomic mass is 10.1. The SMILES string of the molecule is CC#CCC1(C=O)CC1. The summed E-state index contributed by atoms with van der Waals surface area (Å²) in [7, 11) is 0. The zero-order chi connectivity index (χ0) is 6.74. The van der Waals surface area contributed by atoms with E-state index in [-0.39, 0.29) is 5.41 Å². The van der Waals surface area contributed by atoms with Gasteiger partial charge in [-0.15, -0.1) is 11.8 Å². The van der Waals surface area contributed by atoms with Gasteiger partial charge in [0.2, 0.25) is 0 Å². The highest BCUT2D eigenvalue weighted by Gasteiger charge is 2.41. The molecule has 0 aromatic rings. The second-order valence-corrected chi connectivity index (χ2v) is 2.58. The Kier molecular flexibility index (Phi) is 1.57. The molecule has 1 fully saturated rings. The van der Waals surface area contributed by atoms with Crippen LogP contribution >= 0.6 is 0 Å². The molecule has 1 aliphatic carbocycles. The van der Waals surface area contributed by atoms with Crippen LogP contribution in [0.15, 0.2) is 0 Å². The molecule has 0 aromatic heterocycles. The fraction of sp³-hybridized carbons (Fsp3) is 0.625. The van der Waals surface area contributed by atoms with Crippen LogP contribution < -0.4 is 0 Å². The van der Waals surface area contributed by atoms with Crippen molar-refractivity contribution in [3.8, 4) is 11.8 Å². The summed E-state index contributed by atoms with van der Waals surface area (Å²) in [5.74, 6) is 5.71. The molecule has 1 aliphatic rings. The minimum Gasteiger partial charge on any atom is -0.303 e. The van der Waals surface area contributed by atoms with E-state index in [0.29, 0.717) is 0 Å². The van der Waals surface area contributed by atoms with Crippen LogP contribution in [0.5, 0.6) is 0 Å². The molecule has 1 saturated carbocycles. The van der Waals surface area contributed by atoms with Gasteiger partial charge in [-0.3, -0.25) is 0 Å². The van der Waals surface area contributed by atoms with E-state index in [1.54, 1.807) is 6.92 Å². The molecule has 0 atom stereocenters. The Morgan fingerprint density at radius 2 is 2.33 bits per heavy atom. The Morgan fingerprint density at radius 3 is 2.67 bits per heavy atom. The summed E-state index contributed by atoms with van der Waals surface area (Å²) in [6, 6.07) is 0. The molecule has 1 rings (SSSR count). The molecular formula is C8H10O. The van der Waals surface area contributed by atoms with Gasteiger partial charge in [0.15, 0.2) is 0 Å². The van der Waals surface area contributed by atoms with Gasteiger partial charge in [-0.25, -0.2) is 0 Å². The number of carbonyl (C=O) groups is 1. The van der Waals surface area contributed by atoms with Gasteiger partial charge in [0.25, 0.3) is 0 Å². The molecule has 9 heavy (non-hydrogen) atoms. The smallest absolute Gasteiger partial charge is 0.127 e. The van der Waals surface area contributed by atoms with Crippen molar-refractivity contribution in [2.75, 3.05) is 0 Å². The van der Waals surface area contributed by atoms with Gasteiger partial charge < -0.3 is 4.79 Å². The summed E-state index contributed by atoms with van der Waals surface area (Å²) in [5.41, 5.74) is -0.0109. The second-order valence-electron chi connectivity index (χ2n) is 2.58.